The standard InChI is InChI=1S/C22H33N3O2/c1-17(2)25-16-22(11-9-21(25)27)10-6-12-24(15-22)14-20(26)23-13-19-8-5-4-7-18(19)3/h4-5,7-8,17H,6,9-16H2,1-3H3,(H,23,26)/t22-/m1/s1. The highest BCUT2D eigenvalue weighted by Crippen LogP contribution is 2.39. The monoisotopic (exact) mass is 371 g/mol. The van der Waals surface area contributed by atoms with Crippen molar-refractivity contribution in [1.29, 1.82) is 0 Å². The van der Waals surface area contributed by atoms with Gasteiger partial charge in [-0.15, -0.1) is 0 Å². The van der Waals surface area contributed by atoms with E-state index in [0.717, 1.165) is 38.9 Å². The van der Waals surface area contributed by atoms with Crippen molar-refractivity contribution in [2.75, 3.05) is 26.2 Å². The van der Waals surface area contributed by atoms with Crippen molar-refractivity contribution >= 4 is 11.8 Å². The number of aryl methyl sites for hydroxylation is 1. The Labute approximate surface area is 163 Å². The summed E-state index contributed by atoms with van der Waals surface area (Å²) in [6.45, 7) is 10.0. The summed E-state index contributed by atoms with van der Waals surface area (Å²) in [5.41, 5.74) is 2.53. The highest BCUT2D eigenvalue weighted by Gasteiger charge is 2.42. The Kier molecular flexibility index (Phi) is 6.20. The summed E-state index contributed by atoms with van der Waals surface area (Å²) in [5.74, 6) is 0.367. The van der Waals surface area contributed by atoms with Crippen LogP contribution in [0.4, 0.5) is 0 Å². The SMILES string of the molecule is Cc1ccccc1CNC(=O)CN1CCC[C@@]2(CCC(=O)N(C(C)C)C2)C1. The number of piperidine rings is 2. The fourth-order valence-electron chi connectivity index (χ4n) is 4.55. The van der Waals surface area contributed by atoms with Gasteiger partial charge >= 0.3 is 0 Å². The number of hydrogen-bond acceptors (Lipinski definition) is 3. The minimum atomic E-state index is 0.0860. The van der Waals surface area contributed by atoms with Crippen LogP contribution >= 0.6 is 0 Å². The fraction of sp³-hybridized carbons (Fsp3) is 0.636. The van der Waals surface area contributed by atoms with E-state index in [1.165, 1.54) is 11.1 Å². The third kappa shape index (κ3) is 4.89. The largest absolute Gasteiger partial charge is 0.351 e. The van der Waals surface area contributed by atoms with Crippen LogP contribution in [0.2, 0.25) is 0 Å². The molecule has 0 radical (unpaired) electrons. The molecule has 27 heavy (non-hydrogen) atoms. The first-order valence-electron chi connectivity index (χ1n) is 10.2. The zero-order valence-electron chi connectivity index (χ0n) is 17.0. The van der Waals surface area contributed by atoms with Gasteiger partial charge in [0.1, 0.15) is 0 Å². The van der Waals surface area contributed by atoms with Crippen LogP contribution in [0.15, 0.2) is 24.3 Å². The molecular formula is C22H33N3O2. The lowest BCUT2D eigenvalue weighted by atomic mass is 9.73. The lowest BCUT2D eigenvalue weighted by Gasteiger charge is -2.49. The summed E-state index contributed by atoms with van der Waals surface area (Å²) >= 11 is 0. The molecule has 1 aromatic carbocycles. The van der Waals surface area contributed by atoms with Crippen LogP contribution in [0.25, 0.3) is 0 Å². The summed E-state index contributed by atoms with van der Waals surface area (Å²) in [6, 6.07) is 8.41. The number of hydrogen-bond donors (Lipinski definition) is 1. The Morgan fingerprint density at radius 3 is 2.74 bits per heavy atom. The number of nitrogens with one attached hydrogen (secondary N) is 1. The van der Waals surface area contributed by atoms with Crippen LogP contribution in [0.3, 0.4) is 0 Å². The fourth-order valence-corrected chi connectivity index (χ4v) is 4.55. The van der Waals surface area contributed by atoms with Crippen molar-refractivity contribution in [3.63, 3.8) is 0 Å². The molecule has 0 unspecified atom stereocenters. The minimum Gasteiger partial charge on any atom is -0.351 e. The molecule has 1 spiro atoms. The third-order valence-corrected chi connectivity index (χ3v) is 6.16. The highest BCUT2D eigenvalue weighted by molar-refractivity contribution is 5.78. The van der Waals surface area contributed by atoms with Crippen molar-refractivity contribution in [3.05, 3.63) is 35.4 Å². The topological polar surface area (TPSA) is 52.7 Å². The van der Waals surface area contributed by atoms with E-state index in [9.17, 15) is 9.59 Å². The predicted molar refractivity (Wildman–Crippen MR) is 107 cm³/mol. The Bertz CT molecular complexity index is 688. The molecule has 2 aliphatic rings. The number of nitrogens with zero attached hydrogens (tertiary/aromatic N) is 2. The molecule has 1 aromatic rings. The summed E-state index contributed by atoms with van der Waals surface area (Å²) in [4.78, 5) is 29.0. The number of amides is 2. The first-order chi connectivity index (χ1) is 12.9. The van der Waals surface area contributed by atoms with Crippen molar-refractivity contribution in [3.8, 4) is 0 Å². The zero-order valence-corrected chi connectivity index (χ0v) is 17.0. The molecule has 148 valence electrons. The summed E-state index contributed by atoms with van der Waals surface area (Å²) in [5, 5.41) is 3.07. The second-order valence-corrected chi connectivity index (χ2v) is 8.63. The van der Waals surface area contributed by atoms with Gasteiger partial charge in [-0.25, -0.2) is 0 Å². The maximum Gasteiger partial charge on any atom is 0.234 e. The van der Waals surface area contributed by atoms with Crippen LogP contribution in [-0.4, -0.2) is 53.8 Å². The quantitative estimate of drug-likeness (QED) is 0.866. The molecule has 2 saturated heterocycles. The Balaban J connectivity index is 1.54. The van der Waals surface area contributed by atoms with E-state index >= 15 is 0 Å². The van der Waals surface area contributed by atoms with Crippen molar-refractivity contribution < 1.29 is 9.59 Å². The average Bonchev–Trinajstić information content (AvgIpc) is 2.63. The van der Waals surface area contributed by atoms with Crippen LogP contribution in [-0.2, 0) is 16.1 Å². The first kappa shape index (κ1) is 19.9. The molecule has 0 aromatic heterocycles. The molecule has 1 N–H and O–H groups in total. The van der Waals surface area contributed by atoms with Gasteiger partial charge in [-0.1, -0.05) is 24.3 Å². The Morgan fingerprint density at radius 1 is 1.22 bits per heavy atom. The smallest absolute Gasteiger partial charge is 0.234 e. The van der Waals surface area contributed by atoms with Gasteiger partial charge in [-0.2, -0.15) is 0 Å². The maximum atomic E-state index is 12.5. The van der Waals surface area contributed by atoms with Crippen LogP contribution in [0.5, 0.6) is 0 Å². The molecule has 2 aliphatic heterocycles. The zero-order chi connectivity index (χ0) is 19.4. The number of rotatable bonds is 5. The highest BCUT2D eigenvalue weighted by atomic mass is 16.2. The number of carbonyl (C=O) groups excluding carboxylic acids is 2. The van der Waals surface area contributed by atoms with Crippen molar-refractivity contribution in [1.82, 2.24) is 15.1 Å². The molecular weight excluding hydrogens is 338 g/mol. The molecule has 2 amide bonds. The van der Waals surface area contributed by atoms with E-state index in [0.29, 0.717) is 19.5 Å². The molecule has 5 nitrogen and oxygen atoms in total. The van der Waals surface area contributed by atoms with Crippen molar-refractivity contribution in [2.24, 2.45) is 5.41 Å². The number of likely N-dealkylation sites (tertiary alicyclic amines) is 2. The van der Waals surface area contributed by atoms with E-state index in [2.05, 4.69) is 43.1 Å². The van der Waals surface area contributed by atoms with Gasteiger partial charge in [0.15, 0.2) is 0 Å². The van der Waals surface area contributed by atoms with Gasteiger partial charge in [0.05, 0.1) is 6.54 Å². The van der Waals surface area contributed by atoms with Crippen molar-refractivity contribution in [2.45, 2.75) is 59.0 Å². The normalized spacial score (nSPS) is 23.9. The van der Waals surface area contributed by atoms with Gasteiger partial charge in [-0.3, -0.25) is 14.5 Å². The van der Waals surface area contributed by atoms with E-state index in [1.807, 2.05) is 17.0 Å². The molecule has 2 fully saturated rings. The Hall–Kier alpha value is -1.88. The Morgan fingerprint density at radius 2 is 2.00 bits per heavy atom. The number of carbonyl (C=O) groups is 2. The lowest BCUT2D eigenvalue weighted by Crippen LogP contribution is -2.56. The molecule has 0 bridgehead atoms. The maximum absolute atomic E-state index is 12.5. The summed E-state index contributed by atoms with van der Waals surface area (Å²) in [7, 11) is 0. The molecule has 0 aliphatic carbocycles. The molecule has 2 heterocycles. The predicted octanol–water partition coefficient (Wildman–Crippen LogP) is 2.72. The van der Waals surface area contributed by atoms with Gasteiger partial charge in [0.2, 0.25) is 11.8 Å². The molecule has 1 atom stereocenters. The second-order valence-electron chi connectivity index (χ2n) is 8.63. The van der Waals surface area contributed by atoms with Gasteiger partial charge in [-0.05, 0) is 57.7 Å². The van der Waals surface area contributed by atoms with Gasteiger partial charge < -0.3 is 10.2 Å². The van der Waals surface area contributed by atoms with Crippen LogP contribution in [0.1, 0.15) is 50.7 Å². The molecule has 3 rings (SSSR count). The first-order valence-corrected chi connectivity index (χ1v) is 10.2. The van der Waals surface area contributed by atoms with E-state index in [4.69, 9.17) is 0 Å². The molecule has 0 saturated carbocycles. The number of benzene rings is 1. The van der Waals surface area contributed by atoms with E-state index in [1.54, 1.807) is 0 Å². The second kappa shape index (κ2) is 8.42. The molecule has 5 heteroatoms. The van der Waals surface area contributed by atoms with Crippen LogP contribution < -0.4 is 5.32 Å². The third-order valence-electron chi connectivity index (χ3n) is 6.16. The minimum absolute atomic E-state index is 0.0860. The van der Waals surface area contributed by atoms with E-state index in [-0.39, 0.29) is 23.3 Å². The summed E-state index contributed by atoms with van der Waals surface area (Å²) in [6.07, 6.45) is 3.86. The van der Waals surface area contributed by atoms with Gasteiger partial charge in [0, 0.05) is 37.5 Å². The van der Waals surface area contributed by atoms with Gasteiger partial charge in [0.25, 0.3) is 0 Å². The lowest BCUT2D eigenvalue weighted by molar-refractivity contribution is -0.142. The average molecular weight is 372 g/mol. The van der Waals surface area contributed by atoms with Crippen LogP contribution in [0, 0.1) is 12.3 Å². The van der Waals surface area contributed by atoms with E-state index < -0.39 is 0 Å². The summed E-state index contributed by atoms with van der Waals surface area (Å²) < 4.78 is 0.